The minimum atomic E-state index is -0.648. The Balaban J connectivity index is 0.00000312. The number of nitro benzene ring substituents is 1. The largest absolute Gasteiger partial charge is 0.415 e. The third-order valence-corrected chi connectivity index (χ3v) is 3.89. The van der Waals surface area contributed by atoms with Crippen LogP contribution in [0, 0.1) is 10.1 Å². The van der Waals surface area contributed by atoms with Crippen molar-refractivity contribution in [2.75, 3.05) is 13.1 Å². The number of halogens is 1. The van der Waals surface area contributed by atoms with Crippen molar-refractivity contribution in [2.24, 2.45) is 0 Å². The molecular formula is C16H22ClN3O5. The average molecular weight is 372 g/mol. The molecule has 25 heavy (non-hydrogen) atoms. The summed E-state index contributed by atoms with van der Waals surface area (Å²) < 4.78 is 5.23. The third kappa shape index (κ3) is 5.68. The van der Waals surface area contributed by atoms with Crippen LogP contribution in [0.15, 0.2) is 24.3 Å². The Morgan fingerprint density at radius 3 is 2.48 bits per heavy atom. The first-order chi connectivity index (χ1) is 11.4. The molecule has 0 saturated carbocycles. The van der Waals surface area contributed by atoms with E-state index in [1.165, 1.54) is 29.2 Å². The Hall–Kier alpha value is -2.19. The van der Waals surface area contributed by atoms with Gasteiger partial charge in [0.15, 0.2) is 5.78 Å². The minimum Gasteiger partial charge on any atom is -0.410 e. The summed E-state index contributed by atoms with van der Waals surface area (Å²) in [5, 5.41) is 13.7. The molecule has 0 aliphatic carbocycles. The van der Waals surface area contributed by atoms with E-state index in [9.17, 15) is 19.7 Å². The van der Waals surface area contributed by atoms with Gasteiger partial charge in [-0.15, -0.1) is 12.4 Å². The Morgan fingerprint density at radius 2 is 2.00 bits per heavy atom. The van der Waals surface area contributed by atoms with Crippen LogP contribution in [0.2, 0.25) is 0 Å². The number of hydrogen-bond acceptors (Lipinski definition) is 6. The van der Waals surface area contributed by atoms with Crippen molar-refractivity contribution in [1.29, 1.82) is 0 Å². The lowest BCUT2D eigenvalue weighted by atomic mass is 10.1. The fourth-order valence-electron chi connectivity index (χ4n) is 2.49. The fraction of sp³-hybridized carbons (Fsp3) is 0.500. The molecule has 0 unspecified atom stereocenters. The summed E-state index contributed by atoms with van der Waals surface area (Å²) in [6.07, 6.45) is 1.08. The number of nitrogens with zero attached hydrogens (tertiary/aromatic N) is 2. The van der Waals surface area contributed by atoms with E-state index in [4.69, 9.17) is 4.74 Å². The number of amides is 1. The van der Waals surface area contributed by atoms with Crippen molar-refractivity contribution in [1.82, 2.24) is 10.2 Å². The lowest BCUT2D eigenvalue weighted by Crippen LogP contribution is -2.46. The number of benzene rings is 1. The van der Waals surface area contributed by atoms with Crippen molar-refractivity contribution in [3.05, 3.63) is 34.4 Å². The van der Waals surface area contributed by atoms with Gasteiger partial charge < -0.3 is 10.1 Å². The molecule has 1 aromatic carbocycles. The van der Waals surface area contributed by atoms with Gasteiger partial charge in [0.25, 0.3) is 5.69 Å². The van der Waals surface area contributed by atoms with Crippen LogP contribution in [0.5, 0.6) is 5.75 Å². The first-order valence-corrected chi connectivity index (χ1v) is 7.87. The molecule has 1 saturated heterocycles. The van der Waals surface area contributed by atoms with E-state index < -0.39 is 11.0 Å². The highest BCUT2D eigenvalue weighted by Gasteiger charge is 2.28. The summed E-state index contributed by atoms with van der Waals surface area (Å²) in [6.45, 7) is 4.38. The molecule has 8 nitrogen and oxygen atoms in total. The van der Waals surface area contributed by atoms with E-state index in [2.05, 4.69) is 5.32 Å². The van der Waals surface area contributed by atoms with E-state index in [1.807, 2.05) is 0 Å². The molecule has 1 heterocycles. The maximum atomic E-state index is 12.3. The number of nitrogens with one attached hydrogen (secondary N) is 1. The molecule has 0 radical (unpaired) electrons. The quantitative estimate of drug-likeness (QED) is 0.609. The van der Waals surface area contributed by atoms with Gasteiger partial charge in [0.2, 0.25) is 0 Å². The number of carbonyl (C=O) groups is 2. The topological polar surface area (TPSA) is 102 Å². The highest BCUT2D eigenvalue weighted by Crippen LogP contribution is 2.18. The van der Waals surface area contributed by atoms with Crippen molar-refractivity contribution >= 4 is 30.0 Å². The van der Waals surface area contributed by atoms with Gasteiger partial charge in [-0.05, 0) is 45.4 Å². The van der Waals surface area contributed by atoms with Gasteiger partial charge in [-0.2, -0.15) is 0 Å². The molecule has 0 spiro atoms. The van der Waals surface area contributed by atoms with Crippen LogP contribution >= 0.6 is 12.4 Å². The van der Waals surface area contributed by atoms with Crippen molar-refractivity contribution in [3.63, 3.8) is 0 Å². The van der Waals surface area contributed by atoms with Gasteiger partial charge in [0.05, 0.1) is 17.5 Å². The molecule has 1 aliphatic rings. The van der Waals surface area contributed by atoms with Crippen molar-refractivity contribution < 1.29 is 19.2 Å². The van der Waals surface area contributed by atoms with Crippen LogP contribution in [0.3, 0.4) is 0 Å². The predicted octanol–water partition coefficient (Wildman–Crippen LogP) is 2.55. The Labute approximate surface area is 152 Å². The van der Waals surface area contributed by atoms with Gasteiger partial charge in [0.1, 0.15) is 5.75 Å². The molecule has 1 atom stereocenters. The molecule has 0 bridgehead atoms. The zero-order valence-corrected chi connectivity index (χ0v) is 15.0. The summed E-state index contributed by atoms with van der Waals surface area (Å²) in [4.78, 5) is 36.0. The highest BCUT2D eigenvalue weighted by atomic mass is 35.5. The monoisotopic (exact) mass is 371 g/mol. The molecule has 1 aromatic rings. The van der Waals surface area contributed by atoms with Crippen LogP contribution in [0.1, 0.15) is 26.7 Å². The number of Topliss-reactive ketones (excluding diaryl/α,β-unsaturated/α-hetero) is 1. The number of hydrogen-bond donors (Lipinski definition) is 1. The predicted molar refractivity (Wildman–Crippen MR) is 94.2 cm³/mol. The maximum Gasteiger partial charge on any atom is 0.415 e. The fourth-order valence-corrected chi connectivity index (χ4v) is 2.49. The van der Waals surface area contributed by atoms with Crippen LogP contribution in [-0.4, -0.2) is 46.9 Å². The number of non-ortho nitro benzene ring substituents is 1. The second-order valence-corrected chi connectivity index (χ2v) is 5.96. The van der Waals surface area contributed by atoms with Crippen molar-refractivity contribution in [2.45, 2.75) is 38.8 Å². The van der Waals surface area contributed by atoms with Gasteiger partial charge in [-0.25, -0.2) is 4.79 Å². The molecular weight excluding hydrogens is 350 g/mol. The Bertz CT molecular complexity index is 615. The number of nitro groups is 1. The summed E-state index contributed by atoms with van der Waals surface area (Å²) in [5.41, 5.74) is -0.0852. The number of ether oxygens (including phenoxy) is 1. The summed E-state index contributed by atoms with van der Waals surface area (Å²) in [7, 11) is 0. The summed E-state index contributed by atoms with van der Waals surface area (Å²) in [5.74, 6) is 0.157. The first-order valence-electron chi connectivity index (χ1n) is 7.87. The van der Waals surface area contributed by atoms with Gasteiger partial charge >= 0.3 is 6.09 Å². The second-order valence-electron chi connectivity index (χ2n) is 5.96. The molecule has 138 valence electrons. The van der Waals surface area contributed by atoms with Gasteiger partial charge in [0, 0.05) is 18.2 Å². The van der Waals surface area contributed by atoms with E-state index in [1.54, 1.807) is 13.8 Å². The van der Waals surface area contributed by atoms with E-state index >= 15 is 0 Å². The normalized spacial score (nSPS) is 16.2. The van der Waals surface area contributed by atoms with Crippen LogP contribution in [0.4, 0.5) is 10.5 Å². The van der Waals surface area contributed by atoms with Gasteiger partial charge in [-0.3, -0.25) is 19.8 Å². The van der Waals surface area contributed by atoms with E-state index in [-0.39, 0.29) is 48.3 Å². The lowest BCUT2D eigenvalue weighted by molar-refractivity contribution is -0.384. The molecule has 0 aromatic heterocycles. The van der Waals surface area contributed by atoms with Gasteiger partial charge in [-0.1, -0.05) is 0 Å². The lowest BCUT2D eigenvalue weighted by Gasteiger charge is -2.26. The molecule has 2 rings (SSSR count). The van der Waals surface area contributed by atoms with Crippen molar-refractivity contribution in [3.8, 4) is 5.75 Å². The molecule has 1 amide bonds. The third-order valence-electron chi connectivity index (χ3n) is 3.89. The Morgan fingerprint density at radius 1 is 1.36 bits per heavy atom. The molecule has 1 fully saturated rings. The average Bonchev–Trinajstić information content (AvgIpc) is 3.07. The van der Waals surface area contributed by atoms with E-state index in [0.717, 1.165) is 19.4 Å². The molecule has 1 aliphatic heterocycles. The zero-order valence-electron chi connectivity index (χ0n) is 14.1. The van der Waals surface area contributed by atoms with Crippen LogP contribution in [0.25, 0.3) is 0 Å². The SMILES string of the molecule is CC(C)N(CC(=O)[C@@H]1CCCN1)C(=O)Oc1ccc([N+](=O)[O-])cc1.Cl. The smallest absolute Gasteiger partial charge is 0.410 e. The summed E-state index contributed by atoms with van der Waals surface area (Å²) >= 11 is 0. The summed E-state index contributed by atoms with van der Waals surface area (Å²) in [6, 6.07) is 4.81. The number of ketones is 1. The second kappa shape index (κ2) is 9.33. The number of carbonyl (C=O) groups excluding carboxylic acids is 2. The molecule has 1 N–H and O–H groups in total. The van der Waals surface area contributed by atoms with E-state index in [0.29, 0.717) is 0 Å². The minimum absolute atomic E-state index is 0. The number of rotatable bonds is 6. The maximum absolute atomic E-state index is 12.3. The first kappa shape index (κ1) is 20.9. The zero-order chi connectivity index (χ0) is 17.7. The highest BCUT2D eigenvalue weighted by molar-refractivity contribution is 5.89. The van der Waals surface area contributed by atoms with Crippen LogP contribution in [-0.2, 0) is 4.79 Å². The standard InChI is InChI=1S/C16H21N3O5.ClH/c1-11(2)18(10-15(20)14-4-3-9-17-14)16(21)24-13-7-5-12(6-8-13)19(22)23;/h5-8,11,14,17H,3-4,9-10H2,1-2H3;1H/t14-;/m0./s1. The molecule has 9 heteroatoms. The Kier molecular flexibility index (Phi) is 7.79. The van der Waals surface area contributed by atoms with Crippen LogP contribution < -0.4 is 10.1 Å².